The Morgan fingerprint density at radius 1 is 0.172 bits per heavy atom. The number of fused-ring (bicyclic) bond motifs is 16. The van der Waals surface area contributed by atoms with Crippen LogP contribution < -0.4 is 22.2 Å². The van der Waals surface area contributed by atoms with Crippen molar-refractivity contribution in [2.24, 2.45) is 0 Å². The summed E-state index contributed by atoms with van der Waals surface area (Å²) >= 11 is 0. The molecule has 0 unspecified atom stereocenters. The first-order valence-corrected chi connectivity index (χ1v) is 42.5. The summed E-state index contributed by atoms with van der Waals surface area (Å²) in [4.78, 5) is 73.2. The molecule has 12 nitrogen and oxygen atoms in total. The van der Waals surface area contributed by atoms with Crippen LogP contribution in [0.25, 0.3) is 198 Å². The van der Waals surface area contributed by atoms with E-state index in [2.05, 4.69) is 167 Å². The van der Waals surface area contributed by atoms with Gasteiger partial charge in [-0.3, -0.25) is 57.4 Å². The smallest absolute Gasteiger partial charge is 0.265 e. The van der Waals surface area contributed by atoms with Crippen LogP contribution in [-0.2, 0) is 0 Å². The highest BCUT2D eigenvalue weighted by atomic mass is 16.1. The van der Waals surface area contributed by atoms with E-state index in [1.807, 2.05) is 300 Å². The van der Waals surface area contributed by atoms with E-state index in [0.29, 0.717) is 21.5 Å². The Balaban J connectivity index is 0.000000105. The van der Waals surface area contributed by atoms with Gasteiger partial charge in [-0.25, -0.2) is 0 Å². The lowest BCUT2D eigenvalue weighted by Gasteiger charge is -2.17. The second kappa shape index (κ2) is 34.1. The molecule has 0 saturated heterocycles. The summed E-state index contributed by atoms with van der Waals surface area (Å²) in [6.07, 6.45) is 7.06. The van der Waals surface area contributed by atoms with Crippen LogP contribution in [0.15, 0.2) is 481 Å². The Morgan fingerprint density at radius 2 is 0.492 bits per heavy atom. The first kappa shape index (κ1) is 77.8. The summed E-state index contributed by atoms with van der Waals surface area (Å²) in [5.74, 6) is 0. The summed E-state index contributed by atoms with van der Waals surface area (Å²) in [6, 6.07) is 146. The summed E-state index contributed by atoms with van der Waals surface area (Å²) < 4.78 is 7.28. The Kier molecular flexibility index (Phi) is 20.7. The molecule has 0 aliphatic rings. The van der Waals surface area contributed by atoms with Gasteiger partial charge in [0.15, 0.2) is 0 Å². The van der Waals surface area contributed by atoms with Gasteiger partial charge in [0.25, 0.3) is 22.2 Å². The van der Waals surface area contributed by atoms with Crippen LogP contribution in [0.5, 0.6) is 0 Å². The zero-order valence-electron chi connectivity index (χ0n) is 69.1. The van der Waals surface area contributed by atoms with E-state index in [-0.39, 0.29) is 22.2 Å². The molecule has 8 heterocycles. The van der Waals surface area contributed by atoms with Gasteiger partial charge in [-0.1, -0.05) is 303 Å². The van der Waals surface area contributed by atoms with Crippen LogP contribution in [-0.4, -0.2) is 38.2 Å². The average molecular weight is 1650 g/mol. The average Bonchev–Trinajstić information content (AvgIpc) is 0.737. The van der Waals surface area contributed by atoms with Gasteiger partial charge in [0, 0.05) is 79.3 Å². The number of pyridine rings is 8. The predicted octanol–water partition coefficient (Wildman–Crippen LogP) is 26.5. The molecule has 0 radical (unpaired) electrons. The van der Waals surface area contributed by atoms with Crippen molar-refractivity contribution < 1.29 is 0 Å². The Hall–Kier alpha value is -17.5. The van der Waals surface area contributed by atoms with Gasteiger partial charge in [0.05, 0.1) is 66.3 Å². The lowest BCUT2D eigenvalue weighted by atomic mass is 9.97. The fourth-order valence-electron chi connectivity index (χ4n) is 17.8. The Labute approximate surface area is 734 Å². The molecule has 0 spiro atoms. The summed E-state index contributed by atoms with van der Waals surface area (Å²) in [5.41, 5.74) is 22.8. The van der Waals surface area contributed by atoms with E-state index < -0.39 is 0 Å². The molecule has 16 aromatic carbocycles. The van der Waals surface area contributed by atoms with E-state index in [9.17, 15) is 19.2 Å². The monoisotopic (exact) mass is 1640 g/mol. The highest BCUT2D eigenvalue weighted by Crippen LogP contribution is 2.39. The molecule has 0 N–H and O–H groups in total. The van der Waals surface area contributed by atoms with E-state index in [0.717, 1.165) is 177 Å². The van der Waals surface area contributed by atoms with Gasteiger partial charge in [-0.2, -0.15) is 0 Å². The van der Waals surface area contributed by atoms with Crippen molar-refractivity contribution in [3.05, 3.63) is 503 Å². The van der Waals surface area contributed by atoms with Crippen molar-refractivity contribution in [3.63, 3.8) is 0 Å². The number of benzene rings is 16. The molecule has 0 aliphatic carbocycles. The fraction of sp³-hybridized carbons (Fsp3) is 0. The molecule has 0 atom stereocenters. The standard InChI is InChI=1S/2C34H22N2O.2C24H16N2O/c37-34-31-16-8-7-15-29(31)30-18-17-25-14-9-19-35-32(25)33(30)36(34)28-21-26(23-10-3-1-4-11-23)20-27(22-28)24-12-5-2-6-13-24;37-34-29-15-8-7-14-28(29)33-30-16-9-19-35-31(30)17-18-32(33)36(34)27-21-25(23-10-3-1-4-11-23)20-26(22-27)24-12-5-2-6-13-24;2*27-24-21-13-7-15-25-23(21)20-12-4-5-14-22(20)26(24)19-11-6-10-18(16-19)17-8-2-1-3-9-17/h2*1-22H;2*1-16H. The van der Waals surface area contributed by atoms with Crippen molar-refractivity contribution in [2.45, 2.75) is 0 Å². The van der Waals surface area contributed by atoms with Crippen LogP contribution >= 0.6 is 0 Å². The number of rotatable bonds is 10. The number of para-hydroxylation sites is 2. The summed E-state index contributed by atoms with van der Waals surface area (Å²) in [7, 11) is 0. The van der Waals surface area contributed by atoms with E-state index in [1.165, 1.54) is 0 Å². The molecule has 12 heteroatoms. The molecule has 604 valence electrons. The normalized spacial score (nSPS) is 11.2. The minimum absolute atomic E-state index is 0.0319. The molecule has 0 bridgehead atoms. The SMILES string of the molecule is O=c1c2ccccc2c2c3cccnc3ccc2n1-c1cc(-c2ccccc2)cc(-c2ccccc2)c1.O=c1c2ccccc2c2ccc3cccnc3c2n1-c1cc(-c2ccccc2)cc(-c2ccccc2)c1.O=c1c2cccnc2c2ccccc2n1-c1cccc(-c2ccccc2)c1.O=c1c2cccnc2c2ccccc2n1-c1cccc(-c2ccccc2)c1. The van der Waals surface area contributed by atoms with Gasteiger partial charge < -0.3 is 0 Å². The van der Waals surface area contributed by atoms with Crippen molar-refractivity contribution in [3.8, 4) is 89.5 Å². The van der Waals surface area contributed by atoms with Crippen molar-refractivity contribution in [1.29, 1.82) is 0 Å². The summed E-state index contributed by atoms with van der Waals surface area (Å²) in [6.45, 7) is 0. The molecule has 24 aromatic rings. The fourth-order valence-corrected chi connectivity index (χ4v) is 17.8. The first-order valence-electron chi connectivity index (χ1n) is 42.5. The number of aromatic nitrogens is 8. The highest BCUT2D eigenvalue weighted by molar-refractivity contribution is 6.19. The molecule has 8 aromatic heterocycles. The minimum atomic E-state index is -0.0537. The lowest BCUT2D eigenvalue weighted by Crippen LogP contribution is -2.19. The Bertz CT molecular complexity index is 8340. The zero-order chi connectivity index (χ0) is 86.0. The molecular weight excluding hydrogens is 1570 g/mol. The second-order valence-electron chi connectivity index (χ2n) is 31.4. The van der Waals surface area contributed by atoms with Crippen molar-refractivity contribution >= 4 is 109 Å². The van der Waals surface area contributed by atoms with Gasteiger partial charge in [0.1, 0.15) is 0 Å². The van der Waals surface area contributed by atoms with E-state index in [4.69, 9.17) is 4.98 Å². The van der Waals surface area contributed by atoms with Crippen LogP contribution in [0.4, 0.5) is 0 Å². The van der Waals surface area contributed by atoms with Gasteiger partial charge in [-0.05, 0) is 211 Å². The first-order chi connectivity index (χ1) is 63.2. The molecule has 0 amide bonds. The number of hydrogen-bond donors (Lipinski definition) is 0. The van der Waals surface area contributed by atoms with E-state index >= 15 is 0 Å². The van der Waals surface area contributed by atoms with Gasteiger partial charge >= 0.3 is 0 Å². The third-order valence-electron chi connectivity index (χ3n) is 23.7. The van der Waals surface area contributed by atoms with Crippen molar-refractivity contribution in [1.82, 2.24) is 38.2 Å². The van der Waals surface area contributed by atoms with E-state index in [1.54, 1.807) is 27.7 Å². The van der Waals surface area contributed by atoms with Crippen LogP contribution in [0.1, 0.15) is 0 Å². The minimum Gasteiger partial charge on any atom is -0.276 e. The van der Waals surface area contributed by atoms with Gasteiger partial charge in [-0.15, -0.1) is 0 Å². The lowest BCUT2D eigenvalue weighted by molar-refractivity contribution is 1.06. The van der Waals surface area contributed by atoms with Gasteiger partial charge in [0.2, 0.25) is 0 Å². The second-order valence-corrected chi connectivity index (χ2v) is 31.4. The van der Waals surface area contributed by atoms with Crippen LogP contribution in [0.3, 0.4) is 0 Å². The zero-order valence-corrected chi connectivity index (χ0v) is 69.1. The molecule has 0 saturated carbocycles. The number of nitrogens with zero attached hydrogens (tertiary/aromatic N) is 8. The Morgan fingerprint density at radius 3 is 0.953 bits per heavy atom. The maximum Gasteiger partial charge on any atom is 0.265 e. The molecule has 0 aliphatic heterocycles. The highest BCUT2D eigenvalue weighted by Gasteiger charge is 2.22. The third-order valence-corrected chi connectivity index (χ3v) is 23.7. The summed E-state index contributed by atoms with van der Waals surface area (Å²) in [5, 5.41) is 10.5. The maximum absolute atomic E-state index is 14.2. The largest absolute Gasteiger partial charge is 0.276 e. The molecular formula is C116H76N8O4. The number of hydrogen-bond acceptors (Lipinski definition) is 8. The predicted molar refractivity (Wildman–Crippen MR) is 527 cm³/mol. The van der Waals surface area contributed by atoms with Crippen LogP contribution in [0.2, 0.25) is 0 Å². The topological polar surface area (TPSA) is 140 Å². The molecule has 24 rings (SSSR count). The maximum atomic E-state index is 14.2. The van der Waals surface area contributed by atoms with Crippen LogP contribution in [0, 0.1) is 0 Å². The third kappa shape index (κ3) is 14.7. The molecule has 0 fully saturated rings. The quantitative estimate of drug-likeness (QED) is 0.123. The van der Waals surface area contributed by atoms with Crippen molar-refractivity contribution in [2.75, 3.05) is 0 Å². The molecule has 128 heavy (non-hydrogen) atoms.